The lowest BCUT2D eigenvalue weighted by atomic mass is 10.0. The molecular weight excluding hydrogens is 250 g/mol. The van der Waals surface area contributed by atoms with Crippen LogP contribution in [-0.2, 0) is 4.79 Å². The normalized spacial score (nSPS) is 22.5. The molecule has 1 aliphatic rings. The van der Waals surface area contributed by atoms with Gasteiger partial charge in [0.1, 0.15) is 6.04 Å². The van der Waals surface area contributed by atoms with Gasteiger partial charge in [0.05, 0.1) is 4.92 Å². The van der Waals surface area contributed by atoms with Gasteiger partial charge in [-0.15, -0.1) is 0 Å². The summed E-state index contributed by atoms with van der Waals surface area (Å²) in [6.07, 6.45) is 0.684. The van der Waals surface area contributed by atoms with E-state index in [4.69, 9.17) is 0 Å². The van der Waals surface area contributed by atoms with Crippen molar-refractivity contribution < 1.29 is 14.8 Å². The number of aryl methyl sites for hydroxylation is 1. The van der Waals surface area contributed by atoms with E-state index >= 15 is 0 Å². The van der Waals surface area contributed by atoms with Crippen molar-refractivity contribution in [3.8, 4) is 0 Å². The van der Waals surface area contributed by atoms with Crippen LogP contribution in [0.5, 0.6) is 0 Å². The lowest BCUT2D eigenvalue weighted by molar-refractivity contribution is -0.384. The molecule has 0 bridgehead atoms. The summed E-state index contributed by atoms with van der Waals surface area (Å²) in [7, 11) is 0. The van der Waals surface area contributed by atoms with Crippen molar-refractivity contribution in [2.24, 2.45) is 5.92 Å². The highest BCUT2D eigenvalue weighted by atomic mass is 16.6. The predicted molar refractivity (Wildman–Crippen MR) is 68.2 cm³/mol. The lowest BCUT2D eigenvalue weighted by Gasteiger charge is -2.24. The van der Waals surface area contributed by atoms with Crippen LogP contribution in [0.4, 0.5) is 11.5 Å². The monoisotopic (exact) mass is 265 g/mol. The molecule has 0 spiro atoms. The molecule has 0 saturated carbocycles. The Morgan fingerprint density at radius 2 is 2.26 bits per heavy atom. The Labute approximate surface area is 110 Å². The minimum absolute atomic E-state index is 0.0561. The smallest absolute Gasteiger partial charge is 0.326 e. The van der Waals surface area contributed by atoms with Gasteiger partial charge >= 0.3 is 11.7 Å². The second-order valence-electron chi connectivity index (χ2n) is 4.79. The second kappa shape index (κ2) is 4.83. The van der Waals surface area contributed by atoms with Crippen LogP contribution in [0.2, 0.25) is 0 Å². The molecule has 1 aromatic heterocycles. The van der Waals surface area contributed by atoms with Crippen LogP contribution in [-0.4, -0.2) is 33.6 Å². The summed E-state index contributed by atoms with van der Waals surface area (Å²) in [5.74, 6) is -0.872. The van der Waals surface area contributed by atoms with Gasteiger partial charge in [0.2, 0.25) is 5.82 Å². The number of pyridine rings is 1. The third-order valence-corrected chi connectivity index (χ3v) is 3.42. The number of carboxylic acids is 1. The van der Waals surface area contributed by atoms with Crippen LogP contribution in [0.15, 0.2) is 12.1 Å². The number of nitrogens with zero attached hydrogens (tertiary/aromatic N) is 3. The second-order valence-corrected chi connectivity index (χ2v) is 4.79. The molecule has 1 fully saturated rings. The molecule has 102 valence electrons. The van der Waals surface area contributed by atoms with E-state index in [0.29, 0.717) is 18.7 Å². The Morgan fingerprint density at radius 1 is 1.58 bits per heavy atom. The van der Waals surface area contributed by atoms with Crippen LogP contribution < -0.4 is 4.90 Å². The van der Waals surface area contributed by atoms with Crippen molar-refractivity contribution in [3.63, 3.8) is 0 Å². The van der Waals surface area contributed by atoms with E-state index in [2.05, 4.69) is 4.98 Å². The van der Waals surface area contributed by atoms with Crippen molar-refractivity contribution in [1.29, 1.82) is 0 Å². The molecule has 2 atom stereocenters. The summed E-state index contributed by atoms with van der Waals surface area (Å²) in [5, 5.41) is 20.3. The van der Waals surface area contributed by atoms with Gasteiger partial charge < -0.3 is 10.0 Å². The maximum Gasteiger partial charge on any atom is 0.326 e. The number of carboxylic acid groups (broad SMARTS) is 1. The predicted octanol–water partition coefficient (Wildman–Crippen LogP) is 1.60. The molecule has 1 aromatic rings. The Kier molecular flexibility index (Phi) is 3.37. The molecule has 0 amide bonds. The zero-order valence-electron chi connectivity index (χ0n) is 10.7. The summed E-state index contributed by atoms with van der Waals surface area (Å²) < 4.78 is 0. The summed E-state index contributed by atoms with van der Waals surface area (Å²) in [4.78, 5) is 27.5. The minimum Gasteiger partial charge on any atom is -0.480 e. The zero-order chi connectivity index (χ0) is 14.2. The number of hydrogen-bond acceptors (Lipinski definition) is 5. The molecule has 2 rings (SSSR count). The van der Waals surface area contributed by atoms with Gasteiger partial charge in [-0.25, -0.2) is 9.78 Å². The number of rotatable bonds is 3. The van der Waals surface area contributed by atoms with E-state index in [1.807, 2.05) is 6.92 Å². The fraction of sp³-hybridized carbons (Fsp3) is 0.500. The first-order valence-corrected chi connectivity index (χ1v) is 6.03. The van der Waals surface area contributed by atoms with Crippen LogP contribution in [0.25, 0.3) is 0 Å². The van der Waals surface area contributed by atoms with E-state index in [1.165, 1.54) is 11.0 Å². The largest absolute Gasteiger partial charge is 0.480 e. The van der Waals surface area contributed by atoms with Crippen LogP contribution in [0.1, 0.15) is 19.0 Å². The summed E-state index contributed by atoms with van der Waals surface area (Å²) in [6, 6.07) is 2.17. The Morgan fingerprint density at radius 3 is 2.84 bits per heavy atom. The molecule has 2 heterocycles. The molecule has 1 N–H and O–H groups in total. The Balaban J connectivity index is 2.48. The number of nitro groups is 1. The third kappa shape index (κ3) is 2.35. The first-order chi connectivity index (χ1) is 8.91. The van der Waals surface area contributed by atoms with Crippen molar-refractivity contribution >= 4 is 17.5 Å². The van der Waals surface area contributed by atoms with E-state index in [0.717, 1.165) is 0 Å². The Hall–Kier alpha value is -2.18. The number of carbonyl (C=O) groups is 1. The van der Waals surface area contributed by atoms with Gasteiger partial charge in [-0.05, 0) is 25.3 Å². The van der Waals surface area contributed by atoms with Crippen LogP contribution >= 0.6 is 0 Å². The minimum atomic E-state index is -0.970. The molecule has 7 heteroatoms. The molecule has 1 aliphatic heterocycles. The number of aromatic nitrogens is 1. The topological polar surface area (TPSA) is 96.6 Å². The molecule has 19 heavy (non-hydrogen) atoms. The van der Waals surface area contributed by atoms with E-state index in [9.17, 15) is 20.0 Å². The average molecular weight is 265 g/mol. The van der Waals surface area contributed by atoms with E-state index < -0.39 is 16.9 Å². The van der Waals surface area contributed by atoms with E-state index in [-0.39, 0.29) is 17.4 Å². The van der Waals surface area contributed by atoms with Gasteiger partial charge in [0, 0.05) is 18.3 Å². The highest BCUT2D eigenvalue weighted by Crippen LogP contribution is 2.34. The van der Waals surface area contributed by atoms with Gasteiger partial charge in [0.15, 0.2) is 0 Å². The fourth-order valence-electron chi connectivity index (χ4n) is 2.45. The zero-order valence-corrected chi connectivity index (χ0v) is 10.7. The van der Waals surface area contributed by atoms with Crippen molar-refractivity contribution in [2.75, 3.05) is 11.4 Å². The highest BCUT2D eigenvalue weighted by Gasteiger charge is 2.40. The first-order valence-electron chi connectivity index (χ1n) is 6.03. The Bertz CT molecular complexity index is 532. The molecule has 0 radical (unpaired) electrons. The van der Waals surface area contributed by atoms with Gasteiger partial charge in [-0.3, -0.25) is 10.1 Å². The molecule has 1 saturated heterocycles. The molecule has 7 nitrogen and oxygen atoms in total. The standard InChI is InChI=1S/C12H15N3O4/c1-7-5-6-14(10(7)12(16)17)11-9(15(18)19)4-3-8(2)13-11/h3-4,7,10H,5-6H2,1-2H3,(H,16,17). The number of anilines is 1. The molecule has 0 aromatic carbocycles. The maximum absolute atomic E-state index is 11.3. The van der Waals surface area contributed by atoms with Crippen molar-refractivity contribution in [1.82, 2.24) is 4.98 Å². The van der Waals surface area contributed by atoms with Gasteiger partial charge in [-0.2, -0.15) is 0 Å². The van der Waals surface area contributed by atoms with Gasteiger partial charge in [0.25, 0.3) is 0 Å². The first kappa shape index (κ1) is 13.3. The third-order valence-electron chi connectivity index (χ3n) is 3.42. The molecule has 2 unspecified atom stereocenters. The summed E-state index contributed by atoms with van der Waals surface area (Å²) in [6.45, 7) is 4.03. The fourth-order valence-corrected chi connectivity index (χ4v) is 2.45. The van der Waals surface area contributed by atoms with Crippen molar-refractivity contribution in [2.45, 2.75) is 26.3 Å². The van der Waals surface area contributed by atoms with Crippen molar-refractivity contribution in [3.05, 3.63) is 27.9 Å². The SMILES string of the molecule is Cc1ccc([N+](=O)[O-])c(N2CCC(C)C2C(=O)O)n1. The quantitative estimate of drug-likeness (QED) is 0.658. The average Bonchev–Trinajstić information content (AvgIpc) is 2.70. The highest BCUT2D eigenvalue weighted by molar-refractivity contribution is 5.80. The molecule has 0 aliphatic carbocycles. The summed E-state index contributed by atoms with van der Waals surface area (Å²) >= 11 is 0. The molecular formula is C12H15N3O4. The summed E-state index contributed by atoms with van der Waals surface area (Å²) in [5.41, 5.74) is 0.482. The maximum atomic E-state index is 11.3. The van der Waals surface area contributed by atoms with Crippen LogP contribution in [0, 0.1) is 23.0 Å². The van der Waals surface area contributed by atoms with Gasteiger partial charge in [-0.1, -0.05) is 6.92 Å². The number of aliphatic carboxylic acids is 1. The number of hydrogen-bond donors (Lipinski definition) is 1. The lowest BCUT2D eigenvalue weighted by Crippen LogP contribution is -2.39. The van der Waals surface area contributed by atoms with Crippen LogP contribution in [0.3, 0.4) is 0 Å². The van der Waals surface area contributed by atoms with E-state index in [1.54, 1.807) is 13.0 Å².